The fraction of sp³-hybridized carbons (Fsp3) is 0.333. The number of rotatable bonds is 4. The van der Waals surface area contributed by atoms with Crippen LogP contribution in [0.1, 0.15) is 23.4 Å². The third kappa shape index (κ3) is 3.34. The standard InChI is InChI=1S/C9H7BrF2INO2/c10-3-6-4(2-7(15)16)1-5(13)8(14-6)9(11)12/h1,9H,2-3H2,(H,15,16). The van der Waals surface area contributed by atoms with Crippen molar-refractivity contribution in [3.05, 3.63) is 26.6 Å². The molecule has 0 amide bonds. The number of alkyl halides is 3. The molecule has 0 aliphatic heterocycles. The van der Waals surface area contributed by atoms with Crippen LogP contribution in [0.15, 0.2) is 6.07 Å². The third-order valence-electron chi connectivity index (χ3n) is 1.85. The van der Waals surface area contributed by atoms with E-state index in [0.717, 1.165) is 0 Å². The van der Waals surface area contributed by atoms with Crippen molar-refractivity contribution in [3.63, 3.8) is 0 Å². The minimum atomic E-state index is -2.65. The van der Waals surface area contributed by atoms with Crippen LogP contribution in [0.5, 0.6) is 0 Å². The summed E-state index contributed by atoms with van der Waals surface area (Å²) in [6.07, 6.45) is -2.86. The van der Waals surface area contributed by atoms with Crippen LogP contribution in [-0.2, 0) is 16.5 Å². The second-order valence-corrected chi connectivity index (χ2v) is 4.69. The topological polar surface area (TPSA) is 50.2 Å². The highest BCUT2D eigenvalue weighted by Gasteiger charge is 2.17. The van der Waals surface area contributed by atoms with Crippen molar-refractivity contribution < 1.29 is 18.7 Å². The highest BCUT2D eigenvalue weighted by atomic mass is 127. The molecule has 0 atom stereocenters. The van der Waals surface area contributed by atoms with Gasteiger partial charge in [0.1, 0.15) is 5.69 Å². The van der Waals surface area contributed by atoms with Gasteiger partial charge in [0.25, 0.3) is 6.43 Å². The van der Waals surface area contributed by atoms with Gasteiger partial charge in [0.05, 0.1) is 12.1 Å². The zero-order valence-electron chi connectivity index (χ0n) is 7.88. The molecule has 0 fully saturated rings. The Morgan fingerprint density at radius 2 is 2.25 bits per heavy atom. The van der Waals surface area contributed by atoms with Gasteiger partial charge in [0.15, 0.2) is 0 Å². The first-order valence-electron chi connectivity index (χ1n) is 4.19. The Hall–Kier alpha value is -0.310. The first-order chi connectivity index (χ1) is 7.45. The Morgan fingerprint density at radius 3 is 2.69 bits per heavy atom. The molecule has 7 heteroatoms. The molecule has 1 heterocycles. The van der Waals surface area contributed by atoms with E-state index >= 15 is 0 Å². The second-order valence-electron chi connectivity index (χ2n) is 2.97. The van der Waals surface area contributed by atoms with E-state index in [1.165, 1.54) is 6.07 Å². The van der Waals surface area contributed by atoms with Crippen LogP contribution in [0.2, 0.25) is 0 Å². The van der Waals surface area contributed by atoms with Crippen LogP contribution < -0.4 is 0 Å². The number of pyridine rings is 1. The summed E-state index contributed by atoms with van der Waals surface area (Å²) < 4.78 is 25.4. The van der Waals surface area contributed by atoms with Gasteiger partial charge in [-0.2, -0.15) is 0 Å². The molecule has 0 aliphatic carbocycles. The summed E-state index contributed by atoms with van der Waals surface area (Å²) in [7, 11) is 0. The van der Waals surface area contributed by atoms with Crippen LogP contribution in [0.3, 0.4) is 0 Å². The van der Waals surface area contributed by atoms with E-state index in [0.29, 0.717) is 11.3 Å². The van der Waals surface area contributed by atoms with Gasteiger partial charge in [-0.25, -0.2) is 13.8 Å². The maximum atomic E-state index is 12.5. The summed E-state index contributed by atoms with van der Waals surface area (Å²) in [6.45, 7) is 0. The van der Waals surface area contributed by atoms with Gasteiger partial charge in [-0.3, -0.25) is 4.79 Å². The van der Waals surface area contributed by atoms with Crippen molar-refractivity contribution in [1.82, 2.24) is 4.98 Å². The summed E-state index contributed by atoms with van der Waals surface area (Å²) >= 11 is 4.83. The van der Waals surface area contributed by atoms with Gasteiger partial charge in [0.2, 0.25) is 0 Å². The molecule has 1 aromatic rings. The molecule has 1 aromatic heterocycles. The smallest absolute Gasteiger partial charge is 0.307 e. The van der Waals surface area contributed by atoms with Crippen molar-refractivity contribution in [1.29, 1.82) is 0 Å². The highest BCUT2D eigenvalue weighted by molar-refractivity contribution is 14.1. The molecule has 0 unspecified atom stereocenters. The first kappa shape index (κ1) is 13.8. The molecule has 0 aliphatic rings. The Balaban J connectivity index is 3.20. The summed E-state index contributed by atoms with van der Waals surface area (Å²) in [6, 6.07) is 1.44. The molecule has 0 saturated heterocycles. The normalized spacial score (nSPS) is 10.8. The molecule has 3 nitrogen and oxygen atoms in total. The van der Waals surface area contributed by atoms with E-state index in [1.54, 1.807) is 22.6 Å². The van der Waals surface area contributed by atoms with Crippen LogP contribution in [-0.4, -0.2) is 16.1 Å². The summed E-state index contributed by atoms with van der Waals surface area (Å²) in [4.78, 5) is 14.3. The number of nitrogens with zero attached hydrogens (tertiary/aromatic N) is 1. The van der Waals surface area contributed by atoms with Crippen LogP contribution in [0.4, 0.5) is 8.78 Å². The summed E-state index contributed by atoms with van der Waals surface area (Å²) in [5.41, 5.74) is 0.500. The SMILES string of the molecule is O=C(O)Cc1cc(I)c(C(F)F)nc1CBr. The molecule has 0 bridgehead atoms. The van der Waals surface area contributed by atoms with Crippen LogP contribution in [0.25, 0.3) is 0 Å². The fourth-order valence-corrected chi connectivity index (χ4v) is 2.38. The van der Waals surface area contributed by atoms with Crippen LogP contribution in [0, 0.1) is 3.57 Å². The second kappa shape index (κ2) is 5.85. The lowest BCUT2D eigenvalue weighted by molar-refractivity contribution is -0.136. The number of carboxylic acids is 1. The lowest BCUT2D eigenvalue weighted by Crippen LogP contribution is -2.08. The Kier molecular flexibility index (Phi) is 5.03. The maximum Gasteiger partial charge on any atom is 0.307 e. The highest BCUT2D eigenvalue weighted by Crippen LogP contribution is 2.25. The van der Waals surface area contributed by atoms with Crippen molar-refractivity contribution >= 4 is 44.5 Å². The van der Waals surface area contributed by atoms with E-state index in [1.807, 2.05) is 0 Å². The number of hydrogen-bond acceptors (Lipinski definition) is 2. The van der Waals surface area contributed by atoms with Gasteiger partial charge in [-0.05, 0) is 34.2 Å². The molecule has 0 radical (unpaired) electrons. The summed E-state index contributed by atoms with van der Waals surface area (Å²) in [5.74, 6) is -1.01. The van der Waals surface area contributed by atoms with Crippen molar-refractivity contribution in [2.24, 2.45) is 0 Å². The van der Waals surface area contributed by atoms with Gasteiger partial charge in [-0.15, -0.1) is 0 Å². The average Bonchev–Trinajstić information content (AvgIpc) is 2.16. The Morgan fingerprint density at radius 1 is 1.62 bits per heavy atom. The molecule has 0 spiro atoms. The van der Waals surface area contributed by atoms with Crippen LogP contribution >= 0.6 is 38.5 Å². The zero-order chi connectivity index (χ0) is 12.3. The first-order valence-corrected chi connectivity index (χ1v) is 6.39. The molecule has 0 saturated carbocycles. The Labute approximate surface area is 113 Å². The lowest BCUT2D eigenvalue weighted by Gasteiger charge is -2.09. The van der Waals surface area contributed by atoms with Gasteiger partial charge < -0.3 is 5.11 Å². The minimum absolute atomic E-state index is 0.215. The fourth-order valence-electron chi connectivity index (χ4n) is 1.17. The van der Waals surface area contributed by atoms with E-state index in [9.17, 15) is 13.6 Å². The predicted molar refractivity (Wildman–Crippen MR) is 65.9 cm³/mol. The monoisotopic (exact) mass is 405 g/mol. The molecular formula is C9H7BrF2INO2. The van der Waals surface area contributed by atoms with Gasteiger partial charge in [-0.1, -0.05) is 15.9 Å². The molecule has 16 heavy (non-hydrogen) atoms. The largest absolute Gasteiger partial charge is 0.481 e. The number of aromatic nitrogens is 1. The average molecular weight is 406 g/mol. The Bertz CT molecular complexity index is 415. The minimum Gasteiger partial charge on any atom is -0.481 e. The van der Waals surface area contributed by atoms with Crippen molar-refractivity contribution in [2.75, 3.05) is 0 Å². The number of halogens is 4. The van der Waals surface area contributed by atoms with E-state index in [4.69, 9.17) is 5.11 Å². The number of hydrogen-bond donors (Lipinski definition) is 1. The quantitative estimate of drug-likeness (QED) is 0.618. The zero-order valence-corrected chi connectivity index (χ0v) is 11.6. The number of aliphatic carboxylic acids is 1. The number of carboxylic acid groups (broad SMARTS) is 1. The van der Waals surface area contributed by atoms with E-state index in [2.05, 4.69) is 20.9 Å². The number of carbonyl (C=O) groups is 1. The molecule has 88 valence electrons. The summed E-state index contributed by atoms with van der Waals surface area (Å²) in [5, 5.41) is 8.92. The van der Waals surface area contributed by atoms with Crippen molar-refractivity contribution in [3.8, 4) is 0 Å². The van der Waals surface area contributed by atoms with Gasteiger partial charge >= 0.3 is 5.97 Å². The molecular weight excluding hydrogens is 399 g/mol. The molecule has 1 rings (SSSR count). The molecule has 0 aromatic carbocycles. The molecule has 1 N–H and O–H groups in total. The predicted octanol–water partition coefficient (Wildman–Crippen LogP) is 3.15. The van der Waals surface area contributed by atoms with Gasteiger partial charge in [0, 0.05) is 8.90 Å². The lowest BCUT2D eigenvalue weighted by atomic mass is 10.1. The maximum absolute atomic E-state index is 12.5. The van der Waals surface area contributed by atoms with E-state index < -0.39 is 12.4 Å². The van der Waals surface area contributed by atoms with E-state index in [-0.39, 0.29) is 21.0 Å². The third-order valence-corrected chi connectivity index (χ3v) is 3.24. The van der Waals surface area contributed by atoms with Crippen molar-refractivity contribution in [2.45, 2.75) is 18.2 Å².